The summed E-state index contributed by atoms with van der Waals surface area (Å²) < 4.78 is 16.4. The number of allylic oxidation sites excluding steroid dienone is 2. The lowest BCUT2D eigenvalue weighted by Crippen LogP contribution is -2.28. The van der Waals surface area contributed by atoms with Gasteiger partial charge in [0, 0.05) is 10.6 Å². The topological polar surface area (TPSA) is 73.9 Å². The minimum atomic E-state index is -0.769. The van der Waals surface area contributed by atoms with Crippen LogP contribution in [0.5, 0.6) is 0 Å². The number of thioether (sulfide) groups is 1. The fourth-order valence-electron chi connectivity index (χ4n) is 4.41. The zero-order valence-electron chi connectivity index (χ0n) is 22.2. The van der Waals surface area contributed by atoms with Crippen LogP contribution >= 0.6 is 11.8 Å². The molecule has 2 aromatic rings. The average molecular weight is 522 g/mol. The van der Waals surface area contributed by atoms with Crippen molar-refractivity contribution in [3.8, 4) is 0 Å². The Bertz CT molecular complexity index is 1220. The minimum Gasteiger partial charge on any atom is -0.456 e. The third-order valence-corrected chi connectivity index (χ3v) is 7.67. The Morgan fingerprint density at radius 3 is 2.57 bits per heavy atom. The van der Waals surface area contributed by atoms with Gasteiger partial charge in [0.1, 0.15) is 12.4 Å². The van der Waals surface area contributed by atoms with Crippen LogP contribution in [0.1, 0.15) is 70.1 Å². The molecule has 2 aliphatic heterocycles. The molecule has 0 aliphatic carbocycles. The molecule has 2 heterocycles. The summed E-state index contributed by atoms with van der Waals surface area (Å²) in [7, 11) is 0. The summed E-state index contributed by atoms with van der Waals surface area (Å²) in [5, 5.41) is 3.20. The Hall–Kier alpha value is -3.19. The molecule has 0 amide bonds. The summed E-state index contributed by atoms with van der Waals surface area (Å²) in [5.41, 5.74) is 5.34. The molecule has 1 N–H and O–H groups in total. The Labute approximate surface area is 223 Å². The molecule has 6 nitrogen and oxygen atoms in total. The third kappa shape index (κ3) is 6.21. The van der Waals surface area contributed by atoms with Crippen LogP contribution in [0.2, 0.25) is 0 Å². The second-order valence-electron chi connectivity index (χ2n) is 10.3. The van der Waals surface area contributed by atoms with Crippen LogP contribution in [0.4, 0.5) is 4.79 Å². The lowest BCUT2D eigenvalue weighted by atomic mass is 9.85. The van der Waals surface area contributed by atoms with Crippen molar-refractivity contribution in [2.75, 3.05) is 13.2 Å². The molecule has 0 radical (unpaired) electrons. The van der Waals surface area contributed by atoms with Crippen molar-refractivity contribution in [2.24, 2.45) is 0 Å². The Morgan fingerprint density at radius 1 is 1.14 bits per heavy atom. The van der Waals surface area contributed by atoms with Crippen molar-refractivity contribution < 1.29 is 23.8 Å². The largest absolute Gasteiger partial charge is 0.513 e. The van der Waals surface area contributed by atoms with E-state index in [1.165, 1.54) is 11.1 Å². The number of cyclic esters (lactones) is 1. The smallest absolute Gasteiger partial charge is 0.456 e. The molecule has 196 valence electrons. The maximum atomic E-state index is 12.8. The van der Waals surface area contributed by atoms with Gasteiger partial charge in [-0.25, -0.2) is 9.59 Å². The summed E-state index contributed by atoms with van der Waals surface area (Å²) in [6, 6.07) is 16.6. The van der Waals surface area contributed by atoms with E-state index in [1.54, 1.807) is 11.8 Å². The van der Waals surface area contributed by atoms with Crippen LogP contribution in [-0.4, -0.2) is 25.3 Å². The number of nitrogens with one attached hydrogen (secondary N) is 1. The molecular weight excluding hydrogens is 486 g/mol. The first-order valence-electron chi connectivity index (χ1n) is 12.7. The van der Waals surface area contributed by atoms with E-state index < -0.39 is 18.0 Å². The maximum Gasteiger partial charge on any atom is 0.513 e. The van der Waals surface area contributed by atoms with Crippen molar-refractivity contribution >= 4 is 23.9 Å². The van der Waals surface area contributed by atoms with Crippen molar-refractivity contribution in [2.45, 2.75) is 69.4 Å². The van der Waals surface area contributed by atoms with Gasteiger partial charge in [0.25, 0.3) is 0 Å². The summed E-state index contributed by atoms with van der Waals surface area (Å²) in [5.74, 6) is 0.150. The van der Waals surface area contributed by atoms with E-state index in [4.69, 9.17) is 14.2 Å². The van der Waals surface area contributed by atoms with Crippen LogP contribution in [0.25, 0.3) is 0 Å². The van der Waals surface area contributed by atoms with Gasteiger partial charge in [-0.2, -0.15) is 0 Å². The molecule has 0 saturated carbocycles. The molecule has 1 atom stereocenters. The first-order valence-corrected chi connectivity index (χ1v) is 13.7. The third-order valence-electron chi connectivity index (χ3n) is 6.51. The highest BCUT2D eigenvalue weighted by Gasteiger charge is 2.42. The van der Waals surface area contributed by atoms with E-state index in [0.717, 1.165) is 29.1 Å². The molecule has 0 spiro atoms. The van der Waals surface area contributed by atoms with Gasteiger partial charge in [0.05, 0.1) is 29.5 Å². The predicted molar refractivity (Wildman–Crippen MR) is 145 cm³/mol. The highest BCUT2D eigenvalue weighted by atomic mass is 32.2. The van der Waals surface area contributed by atoms with Gasteiger partial charge < -0.3 is 19.5 Å². The molecule has 2 aliphatic rings. The highest BCUT2D eigenvalue weighted by Crippen LogP contribution is 2.45. The molecule has 2 aromatic carbocycles. The summed E-state index contributed by atoms with van der Waals surface area (Å²) in [4.78, 5) is 26.4. The van der Waals surface area contributed by atoms with Crippen LogP contribution in [0.15, 0.2) is 76.2 Å². The second kappa shape index (κ2) is 11.5. The Morgan fingerprint density at radius 2 is 1.86 bits per heavy atom. The maximum absolute atomic E-state index is 12.8. The molecular formula is C30H35NO5S. The molecule has 4 rings (SSSR count). The standard InChI is InChI=1S/C30H35NO5S/c1-6-7-16-34-29(33)36-27-19(2)31-23-17-35-28(32)26(23)25(27)22-10-8-9-11-24(22)37-18-20-12-14-21(15-13-20)30(3,4)5/h8-15,25,31H,6-7,16-18H2,1-5H3. The molecule has 7 heteroatoms. The molecule has 0 saturated heterocycles. The number of hydrogen-bond acceptors (Lipinski definition) is 7. The zero-order chi connectivity index (χ0) is 26.6. The van der Waals surface area contributed by atoms with E-state index >= 15 is 0 Å². The lowest BCUT2D eigenvalue weighted by molar-refractivity contribution is -0.136. The summed E-state index contributed by atoms with van der Waals surface area (Å²) >= 11 is 1.69. The molecule has 0 fully saturated rings. The van der Waals surface area contributed by atoms with Gasteiger partial charge in [-0.15, -0.1) is 11.8 Å². The lowest BCUT2D eigenvalue weighted by Gasteiger charge is -2.28. The molecule has 0 bridgehead atoms. The number of carbonyl (C=O) groups is 2. The van der Waals surface area contributed by atoms with Gasteiger partial charge in [0.2, 0.25) is 0 Å². The fourth-order valence-corrected chi connectivity index (χ4v) is 5.45. The van der Waals surface area contributed by atoms with Crippen LogP contribution < -0.4 is 5.32 Å². The second-order valence-corrected chi connectivity index (χ2v) is 11.4. The van der Waals surface area contributed by atoms with E-state index in [9.17, 15) is 9.59 Å². The zero-order valence-corrected chi connectivity index (χ0v) is 23.0. The minimum absolute atomic E-state index is 0.104. The van der Waals surface area contributed by atoms with Gasteiger partial charge >= 0.3 is 12.1 Å². The number of carbonyl (C=O) groups excluding carboxylic acids is 2. The molecule has 1 unspecified atom stereocenters. The van der Waals surface area contributed by atoms with Gasteiger partial charge in [-0.1, -0.05) is 76.6 Å². The Balaban J connectivity index is 1.62. The first-order chi connectivity index (χ1) is 17.7. The number of ether oxygens (including phenoxy) is 3. The normalized spacial score (nSPS) is 17.3. The Kier molecular flexibility index (Phi) is 8.32. The van der Waals surface area contributed by atoms with Crippen molar-refractivity contribution in [3.63, 3.8) is 0 Å². The summed E-state index contributed by atoms with van der Waals surface area (Å²) in [6.07, 6.45) is 0.895. The molecule has 37 heavy (non-hydrogen) atoms. The highest BCUT2D eigenvalue weighted by molar-refractivity contribution is 7.98. The number of rotatable bonds is 8. The fraction of sp³-hybridized carbons (Fsp3) is 0.400. The van der Waals surface area contributed by atoms with Crippen LogP contribution in [0.3, 0.4) is 0 Å². The van der Waals surface area contributed by atoms with E-state index in [1.807, 2.05) is 38.1 Å². The number of benzene rings is 2. The van der Waals surface area contributed by atoms with Crippen molar-refractivity contribution in [1.29, 1.82) is 0 Å². The predicted octanol–water partition coefficient (Wildman–Crippen LogP) is 6.96. The van der Waals surface area contributed by atoms with Crippen LogP contribution in [0, 0.1) is 0 Å². The molecule has 0 aromatic heterocycles. The van der Waals surface area contributed by atoms with E-state index in [2.05, 4.69) is 50.4 Å². The number of dihydropyridines is 1. The van der Waals surface area contributed by atoms with Crippen molar-refractivity contribution in [1.82, 2.24) is 5.32 Å². The number of esters is 1. The van der Waals surface area contributed by atoms with Gasteiger partial charge in [0.15, 0.2) is 0 Å². The first kappa shape index (κ1) is 26.9. The van der Waals surface area contributed by atoms with E-state index in [-0.39, 0.29) is 18.6 Å². The average Bonchev–Trinajstić information content (AvgIpc) is 3.23. The summed E-state index contributed by atoms with van der Waals surface area (Å²) in [6.45, 7) is 10.9. The monoisotopic (exact) mass is 521 g/mol. The van der Waals surface area contributed by atoms with E-state index in [0.29, 0.717) is 22.7 Å². The van der Waals surface area contributed by atoms with Crippen LogP contribution in [-0.2, 0) is 30.2 Å². The van der Waals surface area contributed by atoms with Gasteiger partial charge in [-0.3, -0.25) is 0 Å². The SMILES string of the molecule is CCCCOC(=O)OC1=C(C)NC2=C(C(=O)OC2)C1c1ccccc1SCc1ccc(C(C)(C)C)cc1. The number of unbranched alkanes of at least 4 members (excludes halogenated alkanes) is 1. The quantitative estimate of drug-likeness (QED) is 0.229. The number of hydrogen-bond donors (Lipinski definition) is 1. The van der Waals surface area contributed by atoms with Gasteiger partial charge in [-0.05, 0) is 41.5 Å². The van der Waals surface area contributed by atoms with Crippen molar-refractivity contribution in [3.05, 3.63) is 87.9 Å².